The summed E-state index contributed by atoms with van der Waals surface area (Å²) in [7, 11) is 1.93. The summed E-state index contributed by atoms with van der Waals surface area (Å²) in [5, 5.41) is 0. The van der Waals surface area contributed by atoms with Crippen molar-refractivity contribution in [2.24, 2.45) is 0 Å². The fraction of sp³-hybridized carbons (Fsp3) is 0.318. The first kappa shape index (κ1) is 19.6. The van der Waals surface area contributed by atoms with Gasteiger partial charge in [0.25, 0.3) is 0 Å². The van der Waals surface area contributed by atoms with Crippen LogP contribution in [0.15, 0.2) is 54.4 Å². The summed E-state index contributed by atoms with van der Waals surface area (Å²) >= 11 is 0. The maximum absolute atomic E-state index is 12.5. The zero-order chi connectivity index (χ0) is 20.3. The maximum Gasteiger partial charge on any atom is 0.344 e. The van der Waals surface area contributed by atoms with Crippen molar-refractivity contribution in [3.05, 3.63) is 65.5 Å². The van der Waals surface area contributed by atoms with E-state index in [1.165, 1.54) is 6.20 Å². The van der Waals surface area contributed by atoms with E-state index in [0.717, 1.165) is 16.9 Å². The average molecular weight is 380 g/mol. The van der Waals surface area contributed by atoms with Crippen molar-refractivity contribution in [2.45, 2.75) is 26.2 Å². The minimum absolute atomic E-state index is 0.202. The lowest BCUT2D eigenvalue weighted by Gasteiger charge is -2.23. The molecule has 1 aliphatic heterocycles. The molecule has 0 atom stereocenters. The first-order valence-electron chi connectivity index (χ1n) is 9.19. The van der Waals surface area contributed by atoms with Crippen molar-refractivity contribution in [3.63, 3.8) is 0 Å². The van der Waals surface area contributed by atoms with Crippen LogP contribution in [0.4, 0.5) is 5.69 Å². The molecule has 28 heavy (non-hydrogen) atoms. The number of rotatable bonds is 6. The molecule has 6 heteroatoms. The van der Waals surface area contributed by atoms with Gasteiger partial charge in [0.1, 0.15) is 5.56 Å². The smallest absolute Gasteiger partial charge is 0.344 e. The molecule has 2 aromatic rings. The van der Waals surface area contributed by atoms with E-state index in [1.807, 2.05) is 30.1 Å². The number of ketones is 1. The summed E-state index contributed by atoms with van der Waals surface area (Å²) in [5.41, 5.74) is 2.99. The molecule has 1 aliphatic rings. The summed E-state index contributed by atoms with van der Waals surface area (Å²) < 4.78 is 10.5. The van der Waals surface area contributed by atoms with Gasteiger partial charge in [-0.1, -0.05) is 32.0 Å². The van der Waals surface area contributed by atoms with Gasteiger partial charge in [0, 0.05) is 36.1 Å². The number of hydrogen-bond acceptors (Lipinski definition) is 6. The molecule has 0 amide bonds. The Labute approximate surface area is 164 Å². The third kappa shape index (κ3) is 3.63. The van der Waals surface area contributed by atoms with Crippen LogP contribution in [0.25, 0.3) is 0 Å². The van der Waals surface area contributed by atoms with Gasteiger partial charge in [0.15, 0.2) is 12.4 Å². The highest BCUT2D eigenvalue weighted by Gasteiger charge is 2.38. The number of hydrogen-bond donors (Lipinski definition) is 0. The van der Waals surface area contributed by atoms with E-state index in [9.17, 15) is 9.59 Å². The van der Waals surface area contributed by atoms with Crippen molar-refractivity contribution in [1.82, 2.24) is 4.98 Å². The molecule has 6 nitrogen and oxygen atoms in total. The Morgan fingerprint density at radius 2 is 1.93 bits per heavy atom. The van der Waals surface area contributed by atoms with Gasteiger partial charge >= 0.3 is 5.97 Å². The van der Waals surface area contributed by atoms with Crippen molar-refractivity contribution < 1.29 is 19.1 Å². The van der Waals surface area contributed by atoms with Crippen LogP contribution in [0, 0.1) is 0 Å². The molecule has 2 heterocycles. The standard InChI is InChI=1S/C22H24N2O4/c1-5-27-20-16(9-8-12-23-20)21(26)28-14-15(25)13-19-22(2,3)17-10-6-7-11-18(17)24(19)4/h6-13H,5,14H2,1-4H3/b19-13+. The predicted octanol–water partition coefficient (Wildman–Crippen LogP) is 3.52. The van der Waals surface area contributed by atoms with Gasteiger partial charge in [-0.15, -0.1) is 0 Å². The van der Waals surface area contributed by atoms with E-state index < -0.39 is 5.97 Å². The molecule has 146 valence electrons. The lowest BCUT2D eigenvalue weighted by molar-refractivity contribution is -0.117. The van der Waals surface area contributed by atoms with Crippen LogP contribution < -0.4 is 9.64 Å². The summed E-state index contributed by atoms with van der Waals surface area (Å²) in [6.45, 7) is 5.99. The SMILES string of the molecule is CCOc1ncccc1C(=O)OCC(=O)/C=C1/N(C)c2ccccc2C1(C)C. The highest BCUT2D eigenvalue weighted by atomic mass is 16.5. The van der Waals surface area contributed by atoms with Crippen LogP contribution in [0.2, 0.25) is 0 Å². The first-order chi connectivity index (χ1) is 13.4. The number of benzene rings is 1. The largest absolute Gasteiger partial charge is 0.477 e. The van der Waals surface area contributed by atoms with Crippen molar-refractivity contribution >= 4 is 17.4 Å². The van der Waals surface area contributed by atoms with Crippen LogP contribution in [0.1, 0.15) is 36.7 Å². The summed E-state index contributed by atoms with van der Waals surface area (Å²) in [5.74, 6) is -0.712. The Bertz CT molecular complexity index is 934. The highest BCUT2D eigenvalue weighted by molar-refractivity contribution is 5.97. The second-order valence-electron chi connectivity index (χ2n) is 7.06. The number of nitrogens with zero attached hydrogens (tertiary/aromatic N) is 2. The number of carbonyl (C=O) groups is 2. The maximum atomic E-state index is 12.5. The number of ether oxygens (including phenoxy) is 2. The summed E-state index contributed by atoms with van der Waals surface area (Å²) in [6.07, 6.45) is 3.09. The van der Waals surface area contributed by atoms with Gasteiger partial charge in [-0.2, -0.15) is 0 Å². The average Bonchev–Trinajstić information content (AvgIpc) is 2.88. The van der Waals surface area contributed by atoms with Gasteiger partial charge in [-0.05, 0) is 30.7 Å². The minimum Gasteiger partial charge on any atom is -0.477 e. The van der Waals surface area contributed by atoms with E-state index in [2.05, 4.69) is 24.9 Å². The van der Waals surface area contributed by atoms with Crippen molar-refractivity contribution in [3.8, 4) is 5.88 Å². The van der Waals surface area contributed by atoms with Gasteiger partial charge in [-0.25, -0.2) is 9.78 Å². The number of likely N-dealkylation sites (N-methyl/N-ethyl adjacent to an activating group) is 1. The molecule has 1 aromatic heterocycles. The normalized spacial score (nSPS) is 16.0. The number of aromatic nitrogens is 1. The van der Waals surface area contributed by atoms with Gasteiger partial charge in [-0.3, -0.25) is 4.79 Å². The molecule has 0 bridgehead atoms. The number of carbonyl (C=O) groups excluding carboxylic acids is 2. The van der Waals surface area contributed by atoms with Crippen molar-refractivity contribution in [2.75, 3.05) is 25.2 Å². The van der Waals surface area contributed by atoms with E-state index >= 15 is 0 Å². The Morgan fingerprint density at radius 3 is 2.64 bits per heavy atom. The van der Waals surface area contributed by atoms with Crippen LogP contribution >= 0.6 is 0 Å². The second-order valence-corrected chi connectivity index (χ2v) is 7.06. The molecule has 0 saturated carbocycles. The van der Waals surface area contributed by atoms with E-state index in [-0.39, 0.29) is 29.2 Å². The molecular formula is C22H24N2O4. The number of fused-ring (bicyclic) bond motifs is 1. The number of anilines is 1. The van der Waals surface area contributed by atoms with E-state index in [4.69, 9.17) is 9.47 Å². The molecule has 1 aromatic carbocycles. The zero-order valence-electron chi connectivity index (χ0n) is 16.6. The zero-order valence-corrected chi connectivity index (χ0v) is 16.6. The monoisotopic (exact) mass is 380 g/mol. The van der Waals surface area contributed by atoms with Gasteiger partial charge in [0.05, 0.1) is 6.61 Å². The number of allylic oxidation sites excluding steroid dienone is 1. The molecule has 0 N–H and O–H groups in total. The fourth-order valence-corrected chi connectivity index (χ4v) is 3.47. The van der Waals surface area contributed by atoms with Crippen LogP contribution in [-0.4, -0.2) is 37.0 Å². The Kier molecular flexibility index (Phi) is 5.49. The number of pyridine rings is 1. The molecule has 0 saturated heterocycles. The highest BCUT2D eigenvalue weighted by Crippen LogP contribution is 2.46. The van der Waals surface area contributed by atoms with Crippen LogP contribution in [-0.2, 0) is 14.9 Å². The van der Waals surface area contributed by atoms with E-state index in [1.54, 1.807) is 25.1 Å². The molecule has 0 aliphatic carbocycles. The lowest BCUT2D eigenvalue weighted by Crippen LogP contribution is -2.25. The van der Waals surface area contributed by atoms with E-state index in [0.29, 0.717) is 6.61 Å². The molecular weight excluding hydrogens is 356 g/mol. The van der Waals surface area contributed by atoms with Crippen LogP contribution in [0.3, 0.4) is 0 Å². The third-order valence-corrected chi connectivity index (χ3v) is 4.86. The Morgan fingerprint density at radius 1 is 1.18 bits per heavy atom. The Balaban J connectivity index is 1.72. The number of para-hydroxylation sites is 1. The molecule has 0 radical (unpaired) electrons. The lowest BCUT2D eigenvalue weighted by atomic mass is 9.83. The third-order valence-electron chi connectivity index (χ3n) is 4.86. The van der Waals surface area contributed by atoms with Gasteiger partial charge < -0.3 is 14.4 Å². The molecule has 0 unspecified atom stereocenters. The Hall–Kier alpha value is -3.15. The first-order valence-corrected chi connectivity index (χ1v) is 9.19. The topological polar surface area (TPSA) is 68.7 Å². The van der Waals surface area contributed by atoms with Crippen molar-refractivity contribution in [1.29, 1.82) is 0 Å². The molecule has 0 spiro atoms. The fourth-order valence-electron chi connectivity index (χ4n) is 3.47. The number of esters is 1. The second kappa shape index (κ2) is 7.84. The quantitative estimate of drug-likeness (QED) is 0.564. The molecule has 0 fully saturated rings. The predicted molar refractivity (Wildman–Crippen MR) is 107 cm³/mol. The van der Waals surface area contributed by atoms with Gasteiger partial charge in [0.2, 0.25) is 5.88 Å². The van der Waals surface area contributed by atoms with Crippen LogP contribution in [0.5, 0.6) is 5.88 Å². The minimum atomic E-state index is -0.634. The molecule has 3 rings (SSSR count). The summed E-state index contributed by atoms with van der Waals surface area (Å²) in [4.78, 5) is 30.9. The summed E-state index contributed by atoms with van der Waals surface area (Å²) in [6, 6.07) is 11.2.